The smallest absolute Gasteiger partial charge is 0.406 e. The Balaban J connectivity index is 1.29. The third-order valence-corrected chi connectivity index (χ3v) is 5.86. The van der Waals surface area contributed by atoms with E-state index in [4.69, 9.17) is 0 Å². The first-order chi connectivity index (χ1) is 17.4. The minimum Gasteiger partial charge on any atom is -0.406 e. The van der Waals surface area contributed by atoms with E-state index in [0.29, 0.717) is 48.9 Å². The number of nitrogens with one attached hydrogen (secondary N) is 1. The van der Waals surface area contributed by atoms with Crippen LogP contribution in [-0.4, -0.2) is 69.2 Å². The average molecular weight is 497 g/mol. The highest BCUT2D eigenvalue weighted by atomic mass is 19.4. The Morgan fingerprint density at radius 1 is 0.972 bits per heavy atom. The van der Waals surface area contributed by atoms with Gasteiger partial charge in [0, 0.05) is 62.2 Å². The molecule has 5 rings (SSSR count). The molecule has 0 saturated carbocycles. The number of anilines is 2. The molecule has 0 aliphatic carbocycles. The first-order valence-electron chi connectivity index (χ1n) is 11.2. The molecular weight excluding hydrogens is 475 g/mol. The van der Waals surface area contributed by atoms with Crippen LogP contribution >= 0.6 is 0 Å². The van der Waals surface area contributed by atoms with Crippen LogP contribution in [0.15, 0.2) is 67.4 Å². The van der Waals surface area contributed by atoms with Crippen LogP contribution in [0.2, 0.25) is 0 Å². The summed E-state index contributed by atoms with van der Waals surface area (Å²) in [7, 11) is 0. The molecule has 1 aliphatic rings. The second kappa shape index (κ2) is 9.72. The predicted molar refractivity (Wildman–Crippen MR) is 127 cm³/mol. The van der Waals surface area contributed by atoms with E-state index in [2.05, 4.69) is 29.9 Å². The number of benzene rings is 1. The number of halogens is 3. The van der Waals surface area contributed by atoms with E-state index in [1.54, 1.807) is 40.3 Å². The topological polar surface area (TPSA) is 87.9 Å². The Kier molecular flexibility index (Phi) is 6.32. The van der Waals surface area contributed by atoms with Gasteiger partial charge in [0.1, 0.15) is 17.3 Å². The molecule has 3 aromatic heterocycles. The molecule has 4 aromatic rings. The summed E-state index contributed by atoms with van der Waals surface area (Å²) in [5, 5.41) is 3.18. The van der Waals surface area contributed by atoms with Gasteiger partial charge in [-0.15, -0.1) is 13.2 Å². The molecule has 186 valence electrons. The summed E-state index contributed by atoms with van der Waals surface area (Å²) in [5.74, 6) is 0.154. The summed E-state index contributed by atoms with van der Waals surface area (Å²) in [6.45, 7) is 2.65. The lowest BCUT2D eigenvalue weighted by Crippen LogP contribution is -2.50. The van der Waals surface area contributed by atoms with Gasteiger partial charge in [-0.2, -0.15) is 0 Å². The summed E-state index contributed by atoms with van der Waals surface area (Å²) >= 11 is 0. The Labute approximate surface area is 204 Å². The van der Waals surface area contributed by atoms with Crippen LogP contribution in [0.1, 0.15) is 0 Å². The summed E-state index contributed by atoms with van der Waals surface area (Å²) in [6, 6.07) is 9.32. The van der Waals surface area contributed by atoms with E-state index in [1.807, 2.05) is 12.1 Å². The lowest BCUT2D eigenvalue weighted by atomic mass is 10.1. The van der Waals surface area contributed by atoms with E-state index in [1.165, 1.54) is 24.3 Å². The standard InChI is InChI=1S/C24H22F3N7O2/c25-24(26,27)36-19-3-1-17(2-4-19)22-23(34-10-9-29-15-20(34)31-22)30-16-21(35)33-13-11-32(12-14-33)18-5-7-28-8-6-18/h1-10,15,30H,11-14,16H2. The van der Waals surface area contributed by atoms with Gasteiger partial charge in [0.25, 0.3) is 0 Å². The molecule has 36 heavy (non-hydrogen) atoms. The van der Waals surface area contributed by atoms with Crippen molar-refractivity contribution in [1.29, 1.82) is 0 Å². The third kappa shape index (κ3) is 5.16. The normalized spacial score (nSPS) is 14.2. The van der Waals surface area contributed by atoms with Crippen LogP contribution in [0.5, 0.6) is 5.75 Å². The number of carbonyl (C=O) groups excluding carboxylic acids is 1. The number of carbonyl (C=O) groups is 1. The molecule has 1 aromatic carbocycles. The zero-order chi connectivity index (χ0) is 25.1. The van der Waals surface area contributed by atoms with Crippen molar-refractivity contribution < 1.29 is 22.7 Å². The number of hydrogen-bond acceptors (Lipinski definition) is 7. The van der Waals surface area contributed by atoms with Crippen LogP contribution in [0.3, 0.4) is 0 Å². The maximum absolute atomic E-state index is 13.0. The Morgan fingerprint density at radius 3 is 2.39 bits per heavy atom. The first-order valence-corrected chi connectivity index (χ1v) is 11.2. The number of piperazine rings is 1. The fraction of sp³-hybridized carbons (Fsp3) is 0.250. The van der Waals surface area contributed by atoms with Gasteiger partial charge in [0.2, 0.25) is 5.91 Å². The number of rotatable bonds is 6. The lowest BCUT2D eigenvalue weighted by Gasteiger charge is -2.36. The summed E-state index contributed by atoms with van der Waals surface area (Å²) < 4.78 is 43.2. The van der Waals surface area contributed by atoms with Crippen molar-refractivity contribution in [1.82, 2.24) is 24.3 Å². The lowest BCUT2D eigenvalue weighted by molar-refractivity contribution is -0.274. The maximum Gasteiger partial charge on any atom is 0.573 e. The summed E-state index contributed by atoms with van der Waals surface area (Å²) in [5.41, 5.74) is 2.65. The quantitative estimate of drug-likeness (QED) is 0.437. The van der Waals surface area contributed by atoms with Gasteiger partial charge in [0.05, 0.1) is 12.7 Å². The molecule has 0 radical (unpaired) electrons. The molecular formula is C24H22F3N7O2. The Bertz CT molecular complexity index is 1340. The number of ether oxygens (including phenoxy) is 1. The molecule has 0 spiro atoms. The van der Waals surface area contributed by atoms with Crippen molar-refractivity contribution in [3.8, 4) is 17.0 Å². The number of nitrogens with zero attached hydrogens (tertiary/aromatic N) is 6. The van der Waals surface area contributed by atoms with Gasteiger partial charge in [-0.05, 0) is 36.4 Å². The van der Waals surface area contributed by atoms with Gasteiger partial charge in [-0.3, -0.25) is 19.2 Å². The van der Waals surface area contributed by atoms with Crippen molar-refractivity contribution in [3.63, 3.8) is 0 Å². The van der Waals surface area contributed by atoms with Crippen molar-refractivity contribution in [3.05, 3.63) is 67.4 Å². The fourth-order valence-corrected chi connectivity index (χ4v) is 4.13. The molecule has 0 bridgehead atoms. The molecule has 4 heterocycles. The SMILES string of the molecule is O=C(CNc1c(-c2ccc(OC(F)(F)F)cc2)nc2cnccn12)N1CCN(c2ccncc2)CC1. The predicted octanol–water partition coefficient (Wildman–Crippen LogP) is 3.45. The molecule has 1 saturated heterocycles. The van der Waals surface area contributed by atoms with Crippen molar-refractivity contribution in [2.75, 3.05) is 42.9 Å². The highest BCUT2D eigenvalue weighted by Crippen LogP contribution is 2.31. The maximum atomic E-state index is 13.0. The summed E-state index contributed by atoms with van der Waals surface area (Å²) in [6.07, 6.45) is 3.58. The second-order valence-electron chi connectivity index (χ2n) is 8.11. The highest BCUT2D eigenvalue weighted by Gasteiger charge is 2.31. The molecule has 1 aliphatic heterocycles. The number of imidazole rings is 1. The number of fused-ring (bicyclic) bond motifs is 1. The minimum atomic E-state index is -4.77. The van der Waals surface area contributed by atoms with E-state index >= 15 is 0 Å². The Morgan fingerprint density at radius 2 is 1.69 bits per heavy atom. The van der Waals surface area contributed by atoms with E-state index in [-0.39, 0.29) is 18.2 Å². The Hall–Kier alpha value is -4.35. The summed E-state index contributed by atoms with van der Waals surface area (Å²) in [4.78, 5) is 29.7. The van der Waals surface area contributed by atoms with Gasteiger partial charge in [-0.25, -0.2) is 4.98 Å². The van der Waals surface area contributed by atoms with Crippen LogP contribution < -0.4 is 15.0 Å². The second-order valence-corrected chi connectivity index (χ2v) is 8.11. The first kappa shape index (κ1) is 23.4. The molecule has 1 amide bonds. The number of hydrogen-bond donors (Lipinski definition) is 1. The average Bonchev–Trinajstić information content (AvgIpc) is 3.26. The van der Waals surface area contributed by atoms with Crippen molar-refractivity contribution in [2.45, 2.75) is 6.36 Å². The molecule has 1 fully saturated rings. The molecule has 9 nitrogen and oxygen atoms in total. The van der Waals surface area contributed by atoms with E-state index in [0.717, 1.165) is 5.69 Å². The molecule has 12 heteroatoms. The van der Waals surface area contributed by atoms with Crippen LogP contribution in [0.25, 0.3) is 16.9 Å². The van der Waals surface area contributed by atoms with E-state index in [9.17, 15) is 18.0 Å². The van der Waals surface area contributed by atoms with E-state index < -0.39 is 6.36 Å². The number of pyridine rings is 1. The van der Waals surface area contributed by atoms with Crippen LogP contribution in [0.4, 0.5) is 24.7 Å². The molecule has 1 N–H and O–H groups in total. The number of amides is 1. The largest absolute Gasteiger partial charge is 0.573 e. The van der Waals surface area contributed by atoms with Gasteiger partial charge in [0.15, 0.2) is 5.65 Å². The number of aromatic nitrogens is 4. The van der Waals surface area contributed by atoms with Gasteiger partial charge >= 0.3 is 6.36 Å². The third-order valence-electron chi connectivity index (χ3n) is 5.86. The minimum absolute atomic E-state index is 0.0354. The zero-order valence-electron chi connectivity index (χ0n) is 19.0. The molecule has 0 atom stereocenters. The fourth-order valence-electron chi connectivity index (χ4n) is 4.13. The van der Waals surface area contributed by atoms with Crippen molar-refractivity contribution >= 4 is 23.1 Å². The van der Waals surface area contributed by atoms with Gasteiger partial charge < -0.3 is 19.9 Å². The van der Waals surface area contributed by atoms with Crippen LogP contribution in [-0.2, 0) is 4.79 Å². The van der Waals surface area contributed by atoms with Crippen molar-refractivity contribution in [2.24, 2.45) is 0 Å². The number of alkyl halides is 3. The van der Waals surface area contributed by atoms with Crippen LogP contribution in [0, 0.1) is 0 Å². The highest BCUT2D eigenvalue weighted by molar-refractivity contribution is 5.84. The van der Waals surface area contributed by atoms with Gasteiger partial charge in [-0.1, -0.05) is 0 Å². The molecule has 0 unspecified atom stereocenters. The monoisotopic (exact) mass is 497 g/mol. The zero-order valence-corrected chi connectivity index (χ0v) is 19.0.